The summed E-state index contributed by atoms with van der Waals surface area (Å²) in [6.07, 6.45) is 5.00. The zero-order valence-electron chi connectivity index (χ0n) is 7.55. The second kappa shape index (κ2) is 4.80. The molecule has 15 heavy (non-hydrogen) atoms. The van der Waals surface area contributed by atoms with Crippen LogP contribution in [0.5, 0.6) is 0 Å². The van der Waals surface area contributed by atoms with Gasteiger partial charge in [-0.2, -0.15) is 0 Å². The Bertz CT molecular complexity index is 440. The molecule has 0 unspecified atom stereocenters. The normalized spacial score (nSPS) is 9.40. The third-order valence-corrected chi connectivity index (χ3v) is 2.47. The summed E-state index contributed by atoms with van der Waals surface area (Å²) < 4.78 is 13.4. The molecule has 0 bridgehead atoms. The number of benzene rings is 1. The minimum atomic E-state index is -1.19. The van der Waals surface area contributed by atoms with E-state index in [1.165, 1.54) is 12.1 Å². The minimum absolute atomic E-state index is 0.0861. The van der Waals surface area contributed by atoms with Crippen LogP contribution in [0, 0.1) is 18.2 Å². The molecule has 0 amide bonds. The number of carboxylic acids is 1. The highest BCUT2D eigenvalue weighted by Gasteiger charge is 2.15. The lowest BCUT2D eigenvalue weighted by Gasteiger charge is -2.07. The van der Waals surface area contributed by atoms with Crippen LogP contribution in [0.3, 0.4) is 0 Å². The highest BCUT2D eigenvalue weighted by atomic mass is 79.9. The fourth-order valence-electron chi connectivity index (χ4n) is 0.997. The fourth-order valence-corrected chi connectivity index (χ4v) is 1.51. The molecule has 5 heteroatoms. The van der Waals surface area contributed by atoms with Gasteiger partial charge in [-0.05, 0) is 28.1 Å². The average Bonchev–Trinajstić information content (AvgIpc) is 2.20. The van der Waals surface area contributed by atoms with Crippen molar-refractivity contribution in [1.29, 1.82) is 0 Å². The minimum Gasteiger partial charge on any atom is -0.478 e. The van der Waals surface area contributed by atoms with Crippen molar-refractivity contribution in [2.75, 3.05) is 11.9 Å². The molecular formula is C10H7BrFNO2. The van der Waals surface area contributed by atoms with Crippen molar-refractivity contribution in [2.24, 2.45) is 0 Å². The first-order valence-electron chi connectivity index (χ1n) is 3.96. The maximum absolute atomic E-state index is 13.5. The first-order chi connectivity index (χ1) is 7.07. The molecule has 0 aliphatic heterocycles. The lowest BCUT2D eigenvalue weighted by atomic mass is 10.2. The van der Waals surface area contributed by atoms with E-state index < -0.39 is 11.8 Å². The van der Waals surface area contributed by atoms with Crippen molar-refractivity contribution in [3.63, 3.8) is 0 Å². The van der Waals surface area contributed by atoms with Crippen LogP contribution >= 0.6 is 15.9 Å². The van der Waals surface area contributed by atoms with Gasteiger partial charge in [-0.3, -0.25) is 0 Å². The van der Waals surface area contributed by atoms with Crippen molar-refractivity contribution in [1.82, 2.24) is 0 Å². The second-order valence-electron chi connectivity index (χ2n) is 2.65. The molecule has 1 aromatic carbocycles. The smallest absolute Gasteiger partial charge is 0.336 e. The van der Waals surface area contributed by atoms with Crippen LogP contribution in [0.4, 0.5) is 10.1 Å². The molecular weight excluding hydrogens is 265 g/mol. The Morgan fingerprint density at radius 2 is 2.33 bits per heavy atom. The second-order valence-corrected chi connectivity index (χ2v) is 3.44. The third-order valence-electron chi connectivity index (χ3n) is 1.69. The standard InChI is InChI=1S/C10H7BrFNO2/c1-2-5-13-7-4-3-6(10(14)15)8(11)9(7)12/h1,3-4,13H,5H2,(H,14,15). The lowest BCUT2D eigenvalue weighted by Crippen LogP contribution is -2.05. The number of halogens is 2. The van der Waals surface area contributed by atoms with Crippen LogP contribution in [0.2, 0.25) is 0 Å². The molecule has 1 aromatic rings. The van der Waals surface area contributed by atoms with Gasteiger partial charge in [0.05, 0.1) is 22.3 Å². The predicted octanol–water partition coefficient (Wildman–Crippen LogP) is 2.33. The topological polar surface area (TPSA) is 49.3 Å². The number of rotatable bonds is 3. The summed E-state index contributed by atoms with van der Waals surface area (Å²) in [5, 5.41) is 11.3. The largest absolute Gasteiger partial charge is 0.478 e. The Balaban J connectivity index is 3.11. The summed E-state index contributed by atoms with van der Waals surface area (Å²) >= 11 is 2.88. The average molecular weight is 272 g/mol. The fraction of sp³-hybridized carbons (Fsp3) is 0.100. The van der Waals surface area contributed by atoms with Gasteiger partial charge in [0.1, 0.15) is 0 Å². The zero-order chi connectivity index (χ0) is 11.4. The van der Waals surface area contributed by atoms with Crippen LogP contribution in [0.15, 0.2) is 16.6 Å². The highest BCUT2D eigenvalue weighted by molar-refractivity contribution is 9.10. The van der Waals surface area contributed by atoms with Crippen LogP contribution in [0.25, 0.3) is 0 Å². The van der Waals surface area contributed by atoms with Crippen molar-refractivity contribution in [3.05, 3.63) is 28.0 Å². The number of anilines is 1. The van der Waals surface area contributed by atoms with Gasteiger partial charge in [0.15, 0.2) is 5.82 Å². The van der Waals surface area contributed by atoms with Crippen molar-refractivity contribution >= 4 is 27.6 Å². The number of carboxylic acid groups (broad SMARTS) is 1. The molecule has 0 aromatic heterocycles. The number of terminal acetylenes is 1. The number of aromatic carboxylic acids is 1. The third kappa shape index (κ3) is 2.48. The molecule has 0 aliphatic rings. The summed E-state index contributed by atoms with van der Waals surface area (Å²) in [6, 6.07) is 2.63. The first kappa shape index (κ1) is 11.5. The quantitative estimate of drug-likeness (QED) is 0.830. The molecule has 0 atom stereocenters. The van der Waals surface area contributed by atoms with Gasteiger partial charge in [-0.15, -0.1) is 6.42 Å². The molecule has 0 aliphatic carbocycles. The van der Waals surface area contributed by atoms with Gasteiger partial charge >= 0.3 is 5.97 Å². The van der Waals surface area contributed by atoms with Gasteiger partial charge in [-0.25, -0.2) is 9.18 Å². The monoisotopic (exact) mass is 271 g/mol. The van der Waals surface area contributed by atoms with E-state index >= 15 is 0 Å². The van der Waals surface area contributed by atoms with Crippen molar-refractivity contribution < 1.29 is 14.3 Å². The van der Waals surface area contributed by atoms with E-state index in [-0.39, 0.29) is 22.3 Å². The first-order valence-corrected chi connectivity index (χ1v) is 4.76. The predicted molar refractivity (Wildman–Crippen MR) is 58.4 cm³/mol. The van der Waals surface area contributed by atoms with Gasteiger partial charge in [0.2, 0.25) is 0 Å². The Morgan fingerprint density at radius 1 is 1.67 bits per heavy atom. The Labute approximate surface area is 94.4 Å². The number of hydrogen-bond donors (Lipinski definition) is 2. The number of nitrogens with one attached hydrogen (secondary N) is 1. The SMILES string of the molecule is C#CCNc1ccc(C(=O)O)c(Br)c1F. The molecule has 3 nitrogen and oxygen atoms in total. The van der Waals surface area contributed by atoms with Crippen LogP contribution in [-0.4, -0.2) is 17.6 Å². The van der Waals surface area contributed by atoms with E-state index in [1.54, 1.807) is 0 Å². The molecule has 0 spiro atoms. The van der Waals surface area contributed by atoms with E-state index in [0.717, 1.165) is 0 Å². The molecule has 0 radical (unpaired) electrons. The summed E-state index contributed by atoms with van der Waals surface area (Å²) in [4.78, 5) is 10.6. The number of carbonyl (C=O) groups is 1. The Hall–Kier alpha value is -1.54. The van der Waals surface area contributed by atoms with Gasteiger partial charge < -0.3 is 10.4 Å². The molecule has 2 N–H and O–H groups in total. The Morgan fingerprint density at radius 3 is 2.87 bits per heavy atom. The summed E-state index contributed by atoms with van der Waals surface area (Å²) in [5.74, 6) is 0.438. The summed E-state index contributed by atoms with van der Waals surface area (Å²) in [5.41, 5.74) is 0.0450. The van der Waals surface area contributed by atoms with Gasteiger partial charge in [0, 0.05) is 0 Å². The molecule has 78 valence electrons. The van der Waals surface area contributed by atoms with Crippen LogP contribution in [-0.2, 0) is 0 Å². The van der Waals surface area contributed by atoms with E-state index in [9.17, 15) is 9.18 Å². The Kier molecular flexibility index (Phi) is 3.69. The van der Waals surface area contributed by atoms with Crippen molar-refractivity contribution in [2.45, 2.75) is 0 Å². The van der Waals surface area contributed by atoms with Crippen LogP contribution in [0.1, 0.15) is 10.4 Å². The van der Waals surface area contributed by atoms with E-state index in [0.29, 0.717) is 0 Å². The van der Waals surface area contributed by atoms with Crippen molar-refractivity contribution in [3.8, 4) is 12.3 Å². The molecule has 1 rings (SSSR count). The van der Waals surface area contributed by atoms with E-state index in [2.05, 4.69) is 27.2 Å². The number of hydrogen-bond acceptors (Lipinski definition) is 2. The van der Waals surface area contributed by atoms with Gasteiger partial charge in [-0.1, -0.05) is 5.92 Å². The van der Waals surface area contributed by atoms with E-state index in [4.69, 9.17) is 11.5 Å². The molecule has 0 saturated heterocycles. The summed E-state index contributed by atoms with van der Waals surface area (Å²) in [6.45, 7) is 0.176. The highest BCUT2D eigenvalue weighted by Crippen LogP contribution is 2.26. The maximum atomic E-state index is 13.5. The maximum Gasteiger partial charge on any atom is 0.336 e. The zero-order valence-corrected chi connectivity index (χ0v) is 9.14. The molecule has 0 heterocycles. The lowest BCUT2D eigenvalue weighted by molar-refractivity contribution is 0.0695. The van der Waals surface area contributed by atoms with E-state index in [1.807, 2.05) is 0 Å². The van der Waals surface area contributed by atoms with Gasteiger partial charge in [0.25, 0.3) is 0 Å². The van der Waals surface area contributed by atoms with Crippen LogP contribution < -0.4 is 5.32 Å². The molecule has 0 saturated carbocycles. The summed E-state index contributed by atoms with van der Waals surface area (Å²) in [7, 11) is 0. The molecule has 0 fully saturated rings.